The van der Waals surface area contributed by atoms with Crippen LogP contribution in [0.4, 0.5) is 4.39 Å². The predicted octanol–water partition coefficient (Wildman–Crippen LogP) is 3.22. The van der Waals surface area contributed by atoms with Crippen molar-refractivity contribution in [3.05, 3.63) is 52.1 Å². The summed E-state index contributed by atoms with van der Waals surface area (Å²) >= 11 is 6.20. The third-order valence-electron chi connectivity index (χ3n) is 3.26. The average molecular weight is 282 g/mol. The van der Waals surface area contributed by atoms with Crippen LogP contribution in [-0.4, -0.2) is 16.3 Å². The summed E-state index contributed by atoms with van der Waals surface area (Å²) in [6, 6.07) is 4.27. The van der Waals surface area contributed by atoms with E-state index in [0.29, 0.717) is 5.02 Å². The first-order valence-corrected chi connectivity index (χ1v) is 6.59. The largest absolute Gasteiger partial charge is 0.306 e. The van der Waals surface area contributed by atoms with E-state index < -0.39 is 0 Å². The van der Waals surface area contributed by atoms with Crippen molar-refractivity contribution in [2.24, 2.45) is 7.05 Å². The monoisotopic (exact) mass is 281 g/mol. The molecule has 2 rings (SSSR count). The van der Waals surface area contributed by atoms with Gasteiger partial charge in [-0.2, -0.15) is 5.10 Å². The van der Waals surface area contributed by atoms with Gasteiger partial charge in [0.15, 0.2) is 0 Å². The molecule has 1 heterocycles. The first kappa shape index (κ1) is 14.0. The highest BCUT2D eigenvalue weighted by Gasteiger charge is 2.20. The molecule has 1 aromatic heterocycles. The van der Waals surface area contributed by atoms with E-state index in [4.69, 9.17) is 11.6 Å². The minimum Gasteiger partial charge on any atom is -0.306 e. The fourth-order valence-corrected chi connectivity index (χ4v) is 2.35. The minimum absolute atomic E-state index is 0.151. The van der Waals surface area contributed by atoms with Crippen LogP contribution in [0.2, 0.25) is 5.02 Å². The van der Waals surface area contributed by atoms with E-state index in [9.17, 15) is 4.39 Å². The highest BCUT2D eigenvalue weighted by Crippen LogP contribution is 2.30. The molecule has 1 N–H and O–H groups in total. The lowest BCUT2D eigenvalue weighted by Gasteiger charge is -2.19. The van der Waals surface area contributed by atoms with Crippen molar-refractivity contribution < 1.29 is 4.39 Å². The molecule has 0 saturated carbocycles. The van der Waals surface area contributed by atoms with Crippen molar-refractivity contribution in [2.75, 3.05) is 6.54 Å². The summed E-state index contributed by atoms with van der Waals surface area (Å²) < 4.78 is 15.3. The summed E-state index contributed by atoms with van der Waals surface area (Å²) in [5.74, 6) is -0.288. The Labute approximate surface area is 117 Å². The molecule has 0 aliphatic carbocycles. The molecule has 0 radical (unpaired) electrons. The molecule has 1 atom stereocenters. The molecule has 1 aromatic carbocycles. The zero-order valence-electron chi connectivity index (χ0n) is 11.2. The number of hydrogen-bond acceptors (Lipinski definition) is 2. The van der Waals surface area contributed by atoms with Gasteiger partial charge in [0.2, 0.25) is 0 Å². The van der Waals surface area contributed by atoms with Crippen molar-refractivity contribution in [1.29, 1.82) is 0 Å². The second-order valence-electron chi connectivity index (χ2n) is 4.47. The molecule has 3 nitrogen and oxygen atoms in total. The summed E-state index contributed by atoms with van der Waals surface area (Å²) in [5.41, 5.74) is 2.78. The highest BCUT2D eigenvalue weighted by atomic mass is 35.5. The Bertz CT molecular complexity index is 580. The van der Waals surface area contributed by atoms with Gasteiger partial charge in [-0.3, -0.25) is 4.68 Å². The Balaban J connectivity index is 2.51. The SMILES string of the molecule is CCNC(c1cc(F)ccc1Cl)c1cnn(C)c1C. The van der Waals surface area contributed by atoms with Gasteiger partial charge in [-0.25, -0.2) is 4.39 Å². The van der Waals surface area contributed by atoms with Gasteiger partial charge in [-0.1, -0.05) is 18.5 Å². The molecule has 5 heteroatoms. The Kier molecular flexibility index (Phi) is 4.22. The van der Waals surface area contributed by atoms with Crippen molar-refractivity contribution in [2.45, 2.75) is 19.9 Å². The summed E-state index contributed by atoms with van der Waals surface area (Å²) in [4.78, 5) is 0. The number of halogens is 2. The van der Waals surface area contributed by atoms with Crippen LogP contribution in [0.3, 0.4) is 0 Å². The smallest absolute Gasteiger partial charge is 0.123 e. The summed E-state index contributed by atoms with van der Waals surface area (Å²) in [7, 11) is 1.88. The van der Waals surface area contributed by atoms with Crippen molar-refractivity contribution >= 4 is 11.6 Å². The second-order valence-corrected chi connectivity index (χ2v) is 4.87. The topological polar surface area (TPSA) is 29.9 Å². The second kappa shape index (κ2) is 5.72. The molecule has 0 saturated heterocycles. The zero-order chi connectivity index (χ0) is 14.0. The van der Waals surface area contributed by atoms with E-state index in [1.165, 1.54) is 12.1 Å². The number of rotatable bonds is 4. The molecule has 102 valence electrons. The molecule has 0 amide bonds. The summed E-state index contributed by atoms with van der Waals surface area (Å²) in [5, 5.41) is 8.12. The van der Waals surface area contributed by atoms with E-state index in [1.54, 1.807) is 16.9 Å². The molecular weight excluding hydrogens is 265 g/mol. The molecule has 19 heavy (non-hydrogen) atoms. The fourth-order valence-electron chi connectivity index (χ4n) is 2.13. The van der Waals surface area contributed by atoms with Gasteiger partial charge in [-0.05, 0) is 37.2 Å². The maximum absolute atomic E-state index is 13.5. The molecule has 0 bridgehead atoms. The summed E-state index contributed by atoms with van der Waals surface area (Å²) in [6.07, 6.45) is 1.80. The van der Waals surface area contributed by atoms with Crippen LogP contribution >= 0.6 is 11.6 Å². The highest BCUT2D eigenvalue weighted by molar-refractivity contribution is 6.31. The van der Waals surface area contributed by atoms with Gasteiger partial charge < -0.3 is 5.32 Å². The third-order valence-corrected chi connectivity index (χ3v) is 3.61. The fraction of sp³-hybridized carbons (Fsp3) is 0.357. The van der Waals surface area contributed by atoms with Crippen LogP contribution in [0.1, 0.15) is 29.8 Å². The van der Waals surface area contributed by atoms with Crippen LogP contribution in [-0.2, 0) is 7.05 Å². The van der Waals surface area contributed by atoms with E-state index in [-0.39, 0.29) is 11.9 Å². The number of hydrogen-bond donors (Lipinski definition) is 1. The molecular formula is C14H17ClFN3. The molecule has 0 spiro atoms. The quantitative estimate of drug-likeness (QED) is 0.932. The van der Waals surface area contributed by atoms with Gasteiger partial charge >= 0.3 is 0 Å². The molecule has 0 aliphatic heterocycles. The normalized spacial score (nSPS) is 12.7. The van der Waals surface area contributed by atoms with Crippen molar-refractivity contribution in [1.82, 2.24) is 15.1 Å². The van der Waals surface area contributed by atoms with Gasteiger partial charge in [0, 0.05) is 23.3 Å². The third kappa shape index (κ3) is 2.80. The molecule has 0 aliphatic rings. The Morgan fingerprint density at radius 2 is 2.16 bits per heavy atom. The zero-order valence-corrected chi connectivity index (χ0v) is 12.0. The van der Waals surface area contributed by atoms with Crippen molar-refractivity contribution in [3.8, 4) is 0 Å². The number of aromatic nitrogens is 2. The number of benzene rings is 1. The number of nitrogens with zero attached hydrogens (tertiary/aromatic N) is 2. The Morgan fingerprint density at radius 1 is 1.42 bits per heavy atom. The molecule has 0 fully saturated rings. The van der Waals surface area contributed by atoms with Crippen LogP contribution < -0.4 is 5.32 Å². The summed E-state index contributed by atoms with van der Waals surface area (Å²) in [6.45, 7) is 4.75. The van der Waals surface area contributed by atoms with Gasteiger partial charge in [0.25, 0.3) is 0 Å². The lowest BCUT2D eigenvalue weighted by Crippen LogP contribution is -2.23. The van der Waals surface area contributed by atoms with Gasteiger partial charge in [0.05, 0.1) is 12.2 Å². The predicted molar refractivity (Wildman–Crippen MR) is 74.9 cm³/mol. The first-order chi connectivity index (χ1) is 9.04. The van der Waals surface area contributed by atoms with E-state index in [2.05, 4.69) is 10.4 Å². The van der Waals surface area contributed by atoms with Crippen molar-refractivity contribution in [3.63, 3.8) is 0 Å². The van der Waals surface area contributed by atoms with Gasteiger partial charge in [0.1, 0.15) is 5.82 Å². The number of nitrogens with one attached hydrogen (secondary N) is 1. The van der Waals surface area contributed by atoms with Crippen LogP contribution in [0.5, 0.6) is 0 Å². The molecule has 2 aromatic rings. The van der Waals surface area contributed by atoms with Crippen LogP contribution in [0, 0.1) is 12.7 Å². The van der Waals surface area contributed by atoms with Gasteiger partial charge in [-0.15, -0.1) is 0 Å². The Hall–Kier alpha value is -1.39. The van der Waals surface area contributed by atoms with Crippen LogP contribution in [0.25, 0.3) is 0 Å². The lowest BCUT2D eigenvalue weighted by molar-refractivity contribution is 0.601. The first-order valence-electron chi connectivity index (χ1n) is 6.21. The molecule has 1 unspecified atom stereocenters. The van der Waals surface area contributed by atoms with E-state index >= 15 is 0 Å². The maximum atomic E-state index is 13.5. The van der Waals surface area contributed by atoms with Crippen LogP contribution in [0.15, 0.2) is 24.4 Å². The number of aryl methyl sites for hydroxylation is 1. The standard InChI is InChI=1S/C14H17ClFN3/c1-4-17-14(12-8-18-19(3)9(12)2)11-7-10(16)5-6-13(11)15/h5-8,14,17H,4H2,1-3H3. The van der Waals surface area contributed by atoms with E-state index in [1.807, 2.05) is 20.9 Å². The maximum Gasteiger partial charge on any atom is 0.123 e. The average Bonchev–Trinajstić information content (AvgIpc) is 2.71. The lowest BCUT2D eigenvalue weighted by atomic mass is 9.99. The minimum atomic E-state index is -0.288. The Morgan fingerprint density at radius 3 is 2.74 bits per heavy atom. The van der Waals surface area contributed by atoms with E-state index in [0.717, 1.165) is 23.4 Å².